The Morgan fingerprint density at radius 2 is 2.07 bits per heavy atom. The first-order valence-corrected chi connectivity index (χ1v) is 10.1. The number of halogens is 1. The molecule has 0 unspecified atom stereocenters. The molecular weight excluding hydrogens is 412 g/mol. The first-order chi connectivity index (χ1) is 14.0. The molecular formula is C20H17ClN4O3S. The van der Waals surface area contributed by atoms with Crippen molar-refractivity contribution in [3.8, 4) is 17.3 Å². The Morgan fingerprint density at radius 3 is 2.86 bits per heavy atom. The maximum atomic E-state index is 12.2. The third-order valence-electron chi connectivity index (χ3n) is 4.22. The molecule has 1 N–H and O–H groups in total. The van der Waals surface area contributed by atoms with Crippen LogP contribution in [0, 0.1) is 0 Å². The number of carbonyl (C=O) groups is 1. The van der Waals surface area contributed by atoms with Crippen molar-refractivity contribution in [1.29, 1.82) is 0 Å². The van der Waals surface area contributed by atoms with Crippen LogP contribution in [0.3, 0.4) is 0 Å². The van der Waals surface area contributed by atoms with Crippen molar-refractivity contribution in [2.75, 3.05) is 18.2 Å². The summed E-state index contributed by atoms with van der Waals surface area (Å²) in [5.41, 5.74) is 1.31. The van der Waals surface area contributed by atoms with E-state index in [1.165, 1.54) is 11.8 Å². The zero-order valence-electron chi connectivity index (χ0n) is 15.7. The highest BCUT2D eigenvalue weighted by Crippen LogP contribution is 2.33. The number of nitrogens with one attached hydrogen (secondary N) is 1. The molecule has 0 atom stereocenters. The molecule has 0 spiro atoms. The fourth-order valence-electron chi connectivity index (χ4n) is 2.86. The topological polar surface area (TPSA) is 82.2 Å². The van der Waals surface area contributed by atoms with Gasteiger partial charge in [-0.2, -0.15) is 0 Å². The van der Waals surface area contributed by atoms with E-state index in [1.807, 2.05) is 31.3 Å². The summed E-state index contributed by atoms with van der Waals surface area (Å²) in [4.78, 5) is 12.2. The van der Waals surface area contributed by atoms with E-state index in [9.17, 15) is 4.79 Å². The van der Waals surface area contributed by atoms with Crippen LogP contribution in [-0.2, 0) is 11.8 Å². The molecule has 2 aromatic heterocycles. The van der Waals surface area contributed by atoms with Gasteiger partial charge in [0.1, 0.15) is 0 Å². The lowest BCUT2D eigenvalue weighted by molar-refractivity contribution is -0.113. The molecule has 0 aliphatic heterocycles. The van der Waals surface area contributed by atoms with Crippen molar-refractivity contribution in [3.63, 3.8) is 0 Å². The minimum absolute atomic E-state index is 0.157. The SMILES string of the molecule is COc1cccc2cc(-c3nnc(SCC(=O)Nc4cccc(Cl)c4)n3C)oc12. The van der Waals surface area contributed by atoms with E-state index >= 15 is 0 Å². The van der Waals surface area contributed by atoms with Crippen LogP contribution < -0.4 is 10.1 Å². The molecule has 0 saturated heterocycles. The molecule has 0 radical (unpaired) electrons. The average molecular weight is 429 g/mol. The molecule has 1 amide bonds. The normalized spacial score (nSPS) is 11.0. The van der Waals surface area contributed by atoms with Gasteiger partial charge in [-0.3, -0.25) is 4.79 Å². The van der Waals surface area contributed by atoms with Crippen LogP contribution in [0.4, 0.5) is 5.69 Å². The number of methoxy groups -OCH3 is 1. The Kier molecular flexibility index (Phi) is 5.46. The molecule has 0 aliphatic carbocycles. The summed E-state index contributed by atoms with van der Waals surface area (Å²) in [6, 6.07) is 14.6. The highest BCUT2D eigenvalue weighted by atomic mass is 35.5. The van der Waals surface area contributed by atoms with Gasteiger partial charge in [0.15, 0.2) is 28.1 Å². The molecule has 0 saturated carbocycles. The van der Waals surface area contributed by atoms with Crippen LogP contribution in [0.25, 0.3) is 22.6 Å². The molecule has 4 rings (SSSR count). The molecule has 4 aromatic rings. The summed E-state index contributed by atoms with van der Waals surface area (Å²) in [6.07, 6.45) is 0. The van der Waals surface area contributed by atoms with Crippen molar-refractivity contribution >= 4 is 45.9 Å². The number of thioether (sulfide) groups is 1. The van der Waals surface area contributed by atoms with Crippen LogP contribution in [0.5, 0.6) is 5.75 Å². The lowest BCUT2D eigenvalue weighted by atomic mass is 10.2. The van der Waals surface area contributed by atoms with Gasteiger partial charge in [-0.25, -0.2) is 0 Å². The van der Waals surface area contributed by atoms with Gasteiger partial charge in [0.05, 0.1) is 12.9 Å². The quantitative estimate of drug-likeness (QED) is 0.451. The van der Waals surface area contributed by atoms with Crippen LogP contribution in [0.15, 0.2) is 58.1 Å². The number of hydrogen-bond donors (Lipinski definition) is 1. The maximum Gasteiger partial charge on any atom is 0.234 e. The maximum absolute atomic E-state index is 12.2. The summed E-state index contributed by atoms with van der Waals surface area (Å²) in [5, 5.41) is 13.3. The Bertz CT molecular complexity index is 1190. The summed E-state index contributed by atoms with van der Waals surface area (Å²) in [5.74, 6) is 1.83. The van der Waals surface area contributed by atoms with Crippen molar-refractivity contribution in [2.24, 2.45) is 7.05 Å². The van der Waals surface area contributed by atoms with Crippen LogP contribution in [0.1, 0.15) is 0 Å². The number of carbonyl (C=O) groups excluding carboxylic acids is 1. The van der Waals surface area contributed by atoms with Crippen LogP contribution in [0.2, 0.25) is 5.02 Å². The summed E-state index contributed by atoms with van der Waals surface area (Å²) in [6.45, 7) is 0. The number of benzene rings is 2. The molecule has 9 heteroatoms. The molecule has 148 valence electrons. The molecule has 2 heterocycles. The van der Waals surface area contributed by atoms with E-state index in [1.54, 1.807) is 35.9 Å². The minimum Gasteiger partial charge on any atom is -0.493 e. The number of fused-ring (bicyclic) bond motifs is 1. The van der Waals surface area contributed by atoms with Gasteiger partial charge in [0, 0.05) is 23.1 Å². The Morgan fingerprint density at radius 1 is 1.24 bits per heavy atom. The number of aromatic nitrogens is 3. The predicted molar refractivity (Wildman–Crippen MR) is 114 cm³/mol. The van der Waals surface area contributed by atoms with Gasteiger partial charge < -0.3 is 19.0 Å². The van der Waals surface area contributed by atoms with Crippen LogP contribution in [-0.4, -0.2) is 33.5 Å². The Labute approximate surface area is 176 Å². The smallest absolute Gasteiger partial charge is 0.234 e. The number of anilines is 1. The third-order valence-corrected chi connectivity index (χ3v) is 5.48. The summed E-state index contributed by atoms with van der Waals surface area (Å²) < 4.78 is 13.1. The number of hydrogen-bond acceptors (Lipinski definition) is 6. The number of rotatable bonds is 6. The number of ether oxygens (including phenoxy) is 1. The minimum atomic E-state index is -0.157. The summed E-state index contributed by atoms with van der Waals surface area (Å²) >= 11 is 7.22. The third kappa shape index (κ3) is 4.08. The lowest BCUT2D eigenvalue weighted by Crippen LogP contribution is -2.14. The number of amides is 1. The molecule has 0 aliphatic rings. The van der Waals surface area contributed by atoms with E-state index in [2.05, 4.69) is 15.5 Å². The molecule has 7 nitrogen and oxygen atoms in total. The van der Waals surface area contributed by atoms with Crippen LogP contribution >= 0.6 is 23.4 Å². The standard InChI is InChI=1S/C20H17ClN4O3S/c1-25-19(16-9-12-5-3-8-15(27-2)18(12)28-16)23-24-20(25)29-11-17(26)22-14-7-4-6-13(21)10-14/h3-10H,11H2,1-2H3,(H,22,26). The van der Waals surface area contributed by atoms with Crippen molar-refractivity contribution in [1.82, 2.24) is 14.8 Å². The molecule has 0 fully saturated rings. The Balaban J connectivity index is 1.48. The molecule has 0 bridgehead atoms. The number of para-hydroxylation sites is 1. The van der Waals surface area contributed by atoms with E-state index in [4.69, 9.17) is 20.8 Å². The monoisotopic (exact) mass is 428 g/mol. The molecule has 2 aromatic carbocycles. The molecule has 29 heavy (non-hydrogen) atoms. The second kappa shape index (κ2) is 8.18. The fraction of sp³-hybridized carbons (Fsp3) is 0.150. The zero-order valence-corrected chi connectivity index (χ0v) is 17.3. The zero-order chi connectivity index (χ0) is 20.4. The number of furan rings is 1. The first-order valence-electron chi connectivity index (χ1n) is 8.69. The van der Waals surface area contributed by atoms with E-state index in [-0.39, 0.29) is 11.7 Å². The largest absolute Gasteiger partial charge is 0.493 e. The van der Waals surface area contributed by atoms with Gasteiger partial charge in [-0.1, -0.05) is 41.6 Å². The van der Waals surface area contributed by atoms with Crippen molar-refractivity contribution in [3.05, 3.63) is 53.6 Å². The van der Waals surface area contributed by atoms with E-state index in [0.29, 0.717) is 38.8 Å². The number of nitrogens with zero attached hydrogens (tertiary/aromatic N) is 3. The highest BCUT2D eigenvalue weighted by Gasteiger charge is 2.17. The van der Waals surface area contributed by atoms with Gasteiger partial charge in [0.2, 0.25) is 5.91 Å². The second-order valence-electron chi connectivity index (χ2n) is 6.20. The van der Waals surface area contributed by atoms with Gasteiger partial charge in [-0.05, 0) is 30.3 Å². The van der Waals surface area contributed by atoms with E-state index < -0.39 is 0 Å². The highest BCUT2D eigenvalue weighted by molar-refractivity contribution is 7.99. The predicted octanol–water partition coefficient (Wildman–Crippen LogP) is 4.62. The average Bonchev–Trinajstić information content (AvgIpc) is 3.29. The van der Waals surface area contributed by atoms with Crippen molar-refractivity contribution in [2.45, 2.75) is 5.16 Å². The van der Waals surface area contributed by atoms with Gasteiger partial charge in [0.25, 0.3) is 0 Å². The van der Waals surface area contributed by atoms with Crippen molar-refractivity contribution < 1.29 is 13.9 Å². The van der Waals surface area contributed by atoms with Gasteiger partial charge >= 0.3 is 0 Å². The lowest BCUT2D eigenvalue weighted by Gasteiger charge is -2.05. The Hall–Kier alpha value is -2.97. The first kappa shape index (κ1) is 19.4. The summed E-state index contributed by atoms with van der Waals surface area (Å²) in [7, 11) is 3.43. The van der Waals surface area contributed by atoms with E-state index in [0.717, 1.165) is 5.39 Å². The second-order valence-corrected chi connectivity index (χ2v) is 7.58. The van der Waals surface area contributed by atoms with Gasteiger partial charge in [-0.15, -0.1) is 10.2 Å². The fourth-order valence-corrected chi connectivity index (χ4v) is 3.76.